The summed E-state index contributed by atoms with van der Waals surface area (Å²) in [4.78, 5) is 4.15. The predicted molar refractivity (Wildman–Crippen MR) is 63.3 cm³/mol. The smallest absolute Gasteiger partial charge is 0.145 e. The number of benzene rings is 1. The van der Waals surface area contributed by atoms with E-state index in [0.717, 1.165) is 0 Å². The molecule has 0 aliphatic carbocycles. The van der Waals surface area contributed by atoms with E-state index in [1.54, 1.807) is 19.2 Å². The Morgan fingerprint density at radius 1 is 1.13 bits per heavy atom. The molecule has 0 spiro atoms. The number of fused-ring (bicyclic) bond motifs is 1. The van der Waals surface area contributed by atoms with E-state index in [1.807, 2.05) is 0 Å². The fourth-order valence-corrected chi connectivity index (χ4v) is 2.03. The number of pyridine rings is 1. The molecule has 0 saturated heterocycles. The van der Waals surface area contributed by atoms with Gasteiger partial charge in [0.15, 0.2) is 0 Å². The number of rotatable bonds is 1. The second kappa shape index (κ2) is 4.05. The Hall–Kier alpha value is -0.700. The molecule has 0 radical (unpaired) electrons. The van der Waals surface area contributed by atoms with Crippen molar-refractivity contribution in [3.63, 3.8) is 0 Å². The molecule has 0 bridgehead atoms. The molecule has 2 aromatic rings. The Balaban J connectivity index is 2.93. The average Bonchev–Trinajstić information content (AvgIpc) is 2.24. The van der Waals surface area contributed by atoms with Gasteiger partial charge >= 0.3 is 0 Å². The van der Waals surface area contributed by atoms with Crippen LogP contribution in [0.5, 0.6) is 5.75 Å². The third-order valence-electron chi connectivity index (χ3n) is 2.05. The van der Waals surface area contributed by atoms with Gasteiger partial charge in [-0.15, -0.1) is 0 Å². The topological polar surface area (TPSA) is 22.1 Å². The first-order valence-electron chi connectivity index (χ1n) is 4.11. The van der Waals surface area contributed by atoms with E-state index in [2.05, 4.69) is 4.98 Å². The molecular formula is C10H6Cl3NO. The van der Waals surface area contributed by atoms with Gasteiger partial charge in [-0.1, -0.05) is 34.8 Å². The molecule has 0 N–H and O–H groups in total. The summed E-state index contributed by atoms with van der Waals surface area (Å²) in [6, 6.07) is 3.44. The summed E-state index contributed by atoms with van der Waals surface area (Å²) in [6.07, 6.45) is 1.48. The quantitative estimate of drug-likeness (QED) is 0.768. The van der Waals surface area contributed by atoms with Crippen LogP contribution in [0.2, 0.25) is 15.1 Å². The van der Waals surface area contributed by atoms with Crippen LogP contribution in [-0.2, 0) is 0 Å². The van der Waals surface area contributed by atoms with E-state index in [1.165, 1.54) is 6.20 Å². The second-order valence-electron chi connectivity index (χ2n) is 2.89. The van der Waals surface area contributed by atoms with Crippen molar-refractivity contribution in [2.45, 2.75) is 0 Å². The molecule has 2 nitrogen and oxygen atoms in total. The fraction of sp³-hybridized carbons (Fsp3) is 0.100. The summed E-state index contributed by atoms with van der Waals surface area (Å²) >= 11 is 17.9. The minimum absolute atomic E-state index is 0.374. The summed E-state index contributed by atoms with van der Waals surface area (Å²) in [6.45, 7) is 0. The first kappa shape index (κ1) is 10.8. The first-order chi connectivity index (χ1) is 7.15. The van der Waals surface area contributed by atoms with Crippen molar-refractivity contribution in [3.8, 4) is 5.75 Å². The lowest BCUT2D eigenvalue weighted by molar-refractivity contribution is 0.419. The Labute approximate surface area is 102 Å². The van der Waals surface area contributed by atoms with Crippen LogP contribution in [0.15, 0.2) is 18.3 Å². The van der Waals surface area contributed by atoms with Gasteiger partial charge in [-0.3, -0.25) is 4.98 Å². The van der Waals surface area contributed by atoms with Crippen molar-refractivity contribution >= 4 is 45.7 Å². The second-order valence-corrected chi connectivity index (χ2v) is 4.09. The maximum atomic E-state index is 6.05. The van der Waals surface area contributed by atoms with Crippen LogP contribution in [0.25, 0.3) is 10.9 Å². The molecule has 0 saturated carbocycles. The van der Waals surface area contributed by atoms with E-state index in [0.29, 0.717) is 31.7 Å². The lowest BCUT2D eigenvalue weighted by Crippen LogP contribution is -1.89. The number of halogens is 3. The van der Waals surface area contributed by atoms with Crippen LogP contribution in [0, 0.1) is 0 Å². The maximum absolute atomic E-state index is 6.05. The molecule has 2 rings (SSSR count). The number of hydrogen-bond acceptors (Lipinski definition) is 2. The van der Waals surface area contributed by atoms with Gasteiger partial charge in [0.25, 0.3) is 0 Å². The van der Waals surface area contributed by atoms with Crippen molar-refractivity contribution in [1.29, 1.82) is 0 Å². The Bertz CT molecular complexity index is 528. The van der Waals surface area contributed by atoms with Gasteiger partial charge in [0.1, 0.15) is 11.3 Å². The average molecular weight is 263 g/mol. The molecular weight excluding hydrogens is 256 g/mol. The first-order valence-corrected chi connectivity index (χ1v) is 5.24. The van der Waals surface area contributed by atoms with Gasteiger partial charge in [0.2, 0.25) is 0 Å². The molecule has 1 aromatic carbocycles. The van der Waals surface area contributed by atoms with Crippen molar-refractivity contribution in [1.82, 2.24) is 4.98 Å². The number of nitrogens with zero attached hydrogens (tertiary/aromatic N) is 1. The van der Waals surface area contributed by atoms with Gasteiger partial charge in [-0.2, -0.15) is 0 Å². The SMILES string of the molecule is COc1ccc(Cl)c2c(Cl)c(Cl)cnc12. The Morgan fingerprint density at radius 2 is 1.87 bits per heavy atom. The van der Waals surface area contributed by atoms with Crippen molar-refractivity contribution < 1.29 is 4.74 Å². The molecule has 15 heavy (non-hydrogen) atoms. The molecule has 5 heteroatoms. The summed E-state index contributed by atoms with van der Waals surface area (Å²) in [5.41, 5.74) is 0.611. The number of hydrogen-bond donors (Lipinski definition) is 0. The lowest BCUT2D eigenvalue weighted by Gasteiger charge is -2.07. The lowest BCUT2D eigenvalue weighted by atomic mass is 10.2. The predicted octanol–water partition coefficient (Wildman–Crippen LogP) is 4.20. The van der Waals surface area contributed by atoms with Crippen LogP contribution in [0.3, 0.4) is 0 Å². The van der Waals surface area contributed by atoms with Crippen LogP contribution < -0.4 is 4.74 Å². The van der Waals surface area contributed by atoms with Crippen LogP contribution in [0.4, 0.5) is 0 Å². The van der Waals surface area contributed by atoms with Crippen molar-refractivity contribution in [2.75, 3.05) is 7.11 Å². The van der Waals surface area contributed by atoms with E-state index in [4.69, 9.17) is 39.5 Å². The number of aromatic nitrogens is 1. The molecule has 0 unspecified atom stereocenters. The zero-order valence-corrected chi connectivity index (χ0v) is 9.99. The normalized spacial score (nSPS) is 10.7. The van der Waals surface area contributed by atoms with Crippen LogP contribution in [0.1, 0.15) is 0 Å². The highest BCUT2D eigenvalue weighted by Crippen LogP contribution is 2.37. The van der Waals surface area contributed by atoms with Gasteiger partial charge in [-0.05, 0) is 12.1 Å². The molecule has 0 fully saturated rings. The number of methoxy groups -OCH3 is 1. The molecule has 1 heterocycles. The molecule has 0 aliphatic heterocycles. The maximum Gasteiger partial charge on any atom is 0.145 e. The molecule has 0 amide bonds. The summed E-state index contributed by atoms with van der Waals surface area (Å²) in [5.74, 6) is 0.618. The Kier molecular flexibility index (Phi) is 2.91. The molecule has 1 aromatic heterocycles. The van der Waals surface area contributed by atoms with Crippen LogP contribution in [-0.4, -0.2) is 12.1 Å². The minimum Gasteiger partial charge on any atom is -0.494 e. The van der Waals surface area contributed by atoms with Crippen molar-refractivity contribution in [3.05, 3.63) is 33.4 Å². The van der Waals surface area contributed by atoms with Gasteiger partial charge in [-0.25, -0.2) is 0 Å². The molecule has 0 atom stereocenters. The molecule has 0 aliphatic rings. The largest absolute Gasteiger partial charge is 0.494 e. The fourth-order valence-electron chi connectivity index (χ4n) is 1.35. The van der Waals surface area contributed by atoms with Gasteiger partial charge < -0.3 is 4.74 Å². The van der Waals surface area contributed by atoms with E-state index in [9.17, 15) is 0 Å². The van der Waals surface area contributed by atoms with Gasteiger partial charge in [0, 0.05) is 11.6 Å². The molecule has 78 valence electrons. The highest BCUT2D eigenvalue weighted by atomic mass is 35.5. The summed E-state index contributed by atoms with van der Waals surface area (Å²) < 4.78 is 5.15. The highest BCUT2D eigenvalue weighted by molar-refractivity contribution is 6.48. The summed E-state index contributed by atoms with van der Waals surface area (Å²) in [7, 11) is 1.56. The van der Waals surface area contributed by atoms with E-state index in [-0.39, 0.29) is 0 Å². The highest BCUT2D eigenvalue weighted by Gasteiger charge is 2.12. The zero-order chi connectivity index (χ0) is 11.0. The van der Waals surface area contributed by atoms with Gasteiger partial charge in [0.05, 0.1) is 22.2 Å². The standard InChI is InChI=1S/C10H6Cl3NO/c1-15-7-3-2-5(11)8-9(13)6(12)4-14-10(7)8/h2-4H,1H3. The van der Waals surface area contributed by atoms with E-state index >= 15 is 0 Å². The van der Waals surface area contributed by atoms with E-state index < -0.39 is 0 Å². The van der Waals surface area contributed by atoms with Crippen molar-refractivity contribution in [2.24, 2.45) is 0 Å². The third kappa shape index (κ3) is 1.73. The Morgan fingerprint density at radius 3 is 2.53 bits per heavy atom. The minimum atomic E-state index is 0.374. The monoisotopic (exact) mass is 261 g/mol. The third-order valence-corrected chi connectivity index (χ3v) is 3.14. The number of ether oxygens (including phenoxy) is 1. The summed E-state index contributed by atoms with van der Waals surface area (Å²) in [5, 5.41) is 1.89. The zero-order valence-electron chi connectivity index (χ0n) is 7.72. The van der Waals surface area contributed by atoms with Crippen LogP contribution >= 0.6 is 34.8 Å².